The van der Waals surface area contributed by atoms with Crippen molar-refractivity contribution in [3.63, 3.8) is 0 Å². The maximum atomic E-state index is 10.7. The van der Waals surface area contributed by atoms with Crippen LogP contribution in [0.3, 0.4) is 0 Å². The summed E-state index contributed by atoms with van der Waals surface area (Å²) in [7, 11) is 0. The maximum Gasteiger partial charge on any atom is 0.405 e. The van der Waals surface area contributed by atoms with E-state index in [-0.39, 0.29) is 5.92 Å². The molecule has 1 aromatic carbocycles. The molecule has 1 aromatic rings. The van der Waals surface area contributed by atoms with Crippen LogP contribution in [0.25, 0.3) is 0 Å². The Balaban J connectivity index is 2.70. The SMILES string of the molecule is CC(C)C(NC(=O)O)C(N)=NCc1ccccc1. The van der Waals surface area contributed by atoms with Crippen LogP contribution in [0.2, 0.25) is 0 Å². The molecule has 1 atom stereocenters. The average Bonchev–Trinajstić information content (AvgIpc) is 2.34. The number of amides is 1. The van der Waals surface area contributed by atoms with Gasteiger partial charge in [0.2, 0.25) is 0 Å². The molecule has 5 heteroatoms. The second kappa shape index (κ2) is 6.64. The zero-order chi connectivity index (χ0) is 13.5. The first kappa shape index (κ1) is 14.0. The van der Waals surface area contributed by atoms with E-state index >= 15 is 0 Å². The minimum atomic E-state index is -1.09. The van der Waals surface area contributed by atoms with Crippen LogP contribution >= 0.6 is 0 Å². The lowest BCUT2D eigenvalue weighted by Crippen LogP contribution is -2.47. The lowest BCUT2D eigenvalue weighted by molar-refractivity contribution is 0.190. The number of rotatable bonds is 5. The third-order valence-electron chi connectivity index (χ3n) is 2.55. The van der Waals surface area contributed by atoms with Crippen molar-refractivity contribution in [3.05, 3.63) is 35.9 Å². The summed E-state index contributed by atoms with van der Waals surface area (Å²) in [6, 6.07) is 9.23. The molecule has 0 aliphatic heterocycles. The smallest absolute Gasteiger partial charge is 0.405 e. The Labute approximate surface area is 107 Å². The van der Waals surface area contributed by atoms with Crippen LogP contribution in [0.5, 0.6) is 0 Å². The molecule has 4 N–H and O–H groups in total. The number of carboxylic acid groups (broad SMARTS) is 1. The van der Waals surface area contributed by atoms with Crippen molar-refractivity contribution in [2.45, 2.75) is 26.4 Å². The summed E-state index contributed by atoms with van der Waals surface area (Å²) in [4.78, 5) is 14.9. The number of nitrogens with two attached hydrogens (primary N) is 1. The molecule has 18 heavy (non-hydrogen) atoms. The molecule has 1 unspecified atom stereocenters. The maximum absolute atomic E-state index is 10.7. The summed E-state index contributed by atoms with van der Waals surface area (Å²) in [6.45, 7) is 4.24. The number of hydrogen-bond donors (Lipinski definition) is 3. The summed E-state index contributed by atoms with van der Waals surface area (Å²) in [6.07, 6.45) is -1.09. The Bertz CT molecular complexity index is 416. The highest BCUT2D eigenvalue weighted by Gasteiger charge is 2.19. The molecule has 0 heterocycles. The summed E-state index contributed by atoms with van der Waals surface area (Å²) in [5.41, 5.74) is 6.88. The van der Waals surface area contributed by atoms with Crippen molar-refractivity contribution < 1.29 is 9.90 Å². The van der Waals surface area contributed by atoms with Crippen molar-refractivity contribution in [1.82, 2.24) is 5.32 Å². The normalized spacial score (nSPS) is 13.4. The number of aliphatic imine (C=N–C) groups is 1. The fourth-order valence-corrected chi connectivity index (χ4v) is 1.58. The van der Waals surface area contributed by atoms with Gasteiger partial charge in [0.05, 0.1) is 12.6 Å². The first-order valence-electron chi connectivity index (χ1n) is 5.84. The fourth-order valence-electron chi connectivity index (χ4n) is 1.58. The van der Waals surface area contributed by atoms with E-state index in [4.69, 9.17) is 10.8 Å². The zero-order valence-corrected chi connectivity index (χ0v) is 10.6. The standard InChI is InChI=1S/C13H19N3O2/c1-9(2)11(16-13(17)18)12(14)15-8-10-6-4-3-5-7-10/h3-7,9,11,16H,8H2,1-2H3,(H2,14,15)(H,17,18). The van der Waals surface area contributed by atoms with Gasteiger partial charge >= 0.3 is 6.09 Å². The lowest BCUT2D eigenvalue weighted by atomic mass is 10.0. The predicted molar refractivity (Wildman–Crippen MR) is 71.6 cm³/mol. The van der Waals surface area contributed by atoms with Gasteiger partial charge in [-0.15, -0.1) is 0 Å². The van der Waals surface area contributed by atoms with E-state index in [2.05, 4.69) is 10.3 Å². The van der Waals surface area contributed by atoms with E-state index in [1.165, 1.54) is 0 Å². The Hall–Kier alpha value is -2.04. The molecular formula is C13H19N3O2. The molecule has 0 spiro atoms. The van der Waals surface area contributed by atoms with Crippen molar-refractivity contribution in [3.8, 4) is 0 Å². The van der Waals surface area contributed by atoms with Crippen LogP contribution < -0.4 is 11.1 Å². The van der Waals surface area contributed by atoms with Gasteiger partial charge in [-0.3, -0.25) is 4.99 Å². The van der Waals surface area contributed by atoms with E-state index in [0.717, 1.165) is 5.56 Å². The second-order valence-electron chi connectivity index (χ2n) is 4.40. The van der Waals surface area contributed by atoms with Crippen LogP contribution in [0.4, 0.5) is 4.79 Å². The molecule has 1 amide bonds. The van der Waals surface area contributed by atoms with E-state index < -0.39 is 12.1 Å². The van der Waals surface area contributed by atoms with E-state index in [0.29, 0.717) is 12.4 Å². The van der Waals surface area contributed by atoms with Crippen molar-refractivity contribution in [2.24, 2.45) is 16.6 Å². The number of benzene rings is 1. The molecular weight excluding hydrogens is 230 g/mol. The minimum Gasteiger partial charge on any atom is -0.465 e. The first-order chi connectivity index (χ1) is 8.50. The molecule has 5 nitrogen and oxygen atoms in total. The van der Waals surface area contributed by atoms with Crippen molar-refractivity contribution >= 4 is 11.9 Å². The first-order valence-corrected chi connectivity index (χ1v) is 5.84. The van der Waals surface area contributed by atoms with Gasteiger partial charge in [-0.05, 0) is 11.5 Å². The molecule has 0 saturated carbocycles. The largest absolute Gasteiger partial charge is 0.465 e. The van der Waals surface area contributed by atoms with Gasteiger partial charge in [0.1, 0.15) is 5.84 Å². The molecule has 0 fully saturated rings. The van der Waals surface area contributed by atoms with Crippen molar-refractivity contribution in [1.29, 1.82) is 0 Å². The van der Waals surface area contributed by atoms with Gasteiger partial charge in [-0.25, -0.2) is 4.79 Å². The zero-order valence-electron chi connectivity index (χ0n) is 10.6. The highest BCUT2D eigenvalue weighted by Crippen LogP contribution is 2.05. The topological polar surface area (TPSA) is 87.7 Å². The van der Waals surface area contributed by atoms with Gasteiger partial charge in [-0.1, -0.05) is 44.2 Å². The van der Waals surface area contributed by atoms with Crippen LogP contribution in [-0.2, 0) is 6.54 Å². The van der Waals surface area contributed by atoms with Crippen LogP contribution in [0, 0.1) is 5.92 Å². The predicted octanol–water partition coefficient (Wildman–Crippen LogP) is 1.84. The van der Waals surface area contributed by atoms with Gasteiger partial charge in [0.15, 0.2) is 0 Å². The van der Waals surface area contributed by atoms with Crippen LogP contribution in [-0.4, -0.2) is 23.1 Å². The monoisotopic (exact) mass is 249 g/mol. The van der Waals surface area contributed by atoms with Crippen molar-refractivity contribution in [2.75, 3.05) is 0 Å². The summed E-state index contributed by atoms with van der Waals surface area (Å²) in [5, 5.41) is 11.1. The number of amidine groups is 1. The summed E-state index contributed by atoms with van der Waals surface area (Å²) >= 11 is 0. The Morgan fingerprint density at radius 1 is 1.39 bits per heavy atom. The van der Waals surface area contributed by atoms with Gasteiger partial charge in [0, 0.05) is 0 Å². The Morgan fingerprint density at radius 2 is 2.00 bits per heavy atom. The summed E-state index contributed by atoms with van der Waals surface area (Å²) in [5.74, 6) is 0.372. The van der Waals surface area contributed by atoms with E-state index in [9.17, 15) is 4.79 Å². The Morgan fingerprint density at radius 3 is 2.50 bits per heavy atom. The van der Waals surface area contributed by atoms with Gasteiger partial charge in [-0.2, -0.15) is 0 Å². The number of nitrogens with zero attached hydrogens (tertiary/aromatic N) is 1. The quantitative estimate of drug-likeness (QED) is 0.549. The molecule has 0 aromatic heterocycles. The van der Waals surface area contributed by atoms with Crippen LogP contribution in [0.1, 0.15) is 19.4 Å². The third kappa shape index (κ3) is 4.45. The molecule has 0 saturated heterocycles. The highest BCUT2D eigenvalue weighted by atomic mass is 16.4. The number of nitrogens with one attached hydrogen (secondary N) is 1. The molecule has 0 aliphatic rings. The van der Waals surface area contributed by atoms with Crippen LogP contribution in [0.15, 0.2) is 35.3 Å². The molecule has 0 radical (unpaired) electrons. The highest BCUT2D eigenvalue weighted by molar-refractivity contribution is 5.88. The second-order valence-corrected chi connectivity index (χ2v) is 4.40. The molecule has 1 rings (SSSR count). The van der Waals surface area contributed by atoms with Gasteiger partial charge in [0.25, 0.3) is 0 Å². The van der Waals surface area contributed by atoms with Gasteiger partial charge < -0.3 is 16.2 Å². The lowest BCUT2D eigenvalue weighted by Gasteiger charge is -2.20. The molecule has 98 valence electrons. The minimum absolute atomic E-state index is 0.0561. The van der Waals surface area contributed by atoms with E-state index in [1.807, 2.05) is 44.2 Å². The fraction of sp³-hybridized carbons (Fsp3) is 0.385. The van der Waals surface area contributed by atoms with E-state index in [1.54, 1.807) is 0 Å². The number of hydrogen-bond acceptors (Lipinski definition) is 2. The molecule has 0 bridgehead atoms. The molecule has 0 aliphatic carbocycles. The number of carbonyl (C=O) groups is 1. The third-order valence-corrected chi connectivity index (χ3v) is 2.55. The Kier molecular flexibility index (Phi) is 5.17. The average molecular weight is 249 g/mol. The summed E-state index contributed by atoms with van der Waals surface area (Å²) < 4.78 is 0.